The number of thioether (sulfide) groups is 1. The van der Waals surface area contributed by atoms with Gasteiger partial charge in [-0.1, -0.05) is 18.7 Å². The number of hydrogen-bond acceptors (Lipinski definition) is 5. The van der Waals surface area contributed by atoms with Gasteiger partial charge in [0.2, 0.25) is 0 Å². The van der Waals surface area contributed by atoms with Crippen molar-refractivity contribution in [2.45, 2.75) is 13.3 Å². The van der Waals surface area contributed by atoms with E-state index in [0.717, 1.165) is 17.3 Å². The van der Waals surface area contributed by atoms with Crippen LogP contribution in [0.2, 0.25) is 0 Å². The molecule has 0 N–H and O–H groups in total. The summed E-state index contributed by atoms with van der Waals surface area (Å²) in [5, 5.41) is 9.45. The van der Waals surface area contributed by atoms with E-state index in [9.17, 15) is 4.79 Å². The van der Waals surface area contributed by atoms with Crippen LogP contribution in [0.15, 0.2) is 5.10 Å². The molecule has 0 radical (unpaired) electrons. The highest BCUT2D eigenvalue weighted by molar-refractivity contribution is 8.13. The van der Waals surface area contributed by atoms with E-state index in [2.05, 4.69) is 12.0 Å². The molecule has 0 aromatic heterocycles. The molecule has 1 amide bonds. The Hall–Kier alpha value is -0.460. The summed E-state index contributed by atoms with van der Waals surface area (Å²) in [5.74, 6) is 0.980. The second-order valence-corrected chi connectivity index (χ2v) is 4.66. The largest absolute Gasteiger partial charge is 0.338 e. The fourth-order valence-electron chi connectivity index (χ4n) is 1.06. The van der Waals surface area contributed by atoms with Gasteiger partial charge in [-0.05, 0) is 18.0 Å². The molecule has 0 unspecified atom stereocenters. The van der Waals surface area contributed by atoms with E-state index in [1.54, 1.807) is 11.8 Å². The fourth-order valence-corrected chi connectivity index (χ4v) is 2.07. The molecule has 1 rings (SSSR count). The van der Waals surface area contributed by atoms with Gasteiger partial charge in [0.1, 0.15) is 6.67 Å². The minimum Gasteiger partial charge on any atom is -0.261 e. The molecule has 0 aromatic rings. The fraction of sp³-hybridized carbons (Fsp3) is 0.750. The predicted molar refractivity (Wildman–Crippen MR) is 63.7 cm³/mol. The molecule has 0 bridgehead atoms. The Morgan fingerprint density at radius 1 is 1.67 bits per heavy atom. The summed E-state index contributed by atoms with van der Waals surface area (Å²) >= 11 is 7.00. The quantitative estimate of drug-likeness (QED) is 0.566. The number of carbonyl (C=O) groups excluding carboxylic acids is 1. The number of hydrogen-bond donors (Lipinski definition) is 0. The zero-order valence-electron chi connectivity index (χ0n) is 9.10. The first-order valence-electron chi connectivity index (χ1n) is 4.69. The van der Waals surface area contributed by atoms with Gasteiger partial charge in [-0.2, -0.15) is 5.01 Å². The molecule has 0 spiro atoms. The van der Waals surface area contributed by atoms with Gasteiger partial charge in [-0.25, -0.2) is 5.01 Å². The van der Waals surface area contributed by atoms with Crippen LogP contribution in [0.3, 0.4) is 0 Å². The van der Waals surface area contributed by atoms with E-state index < -0.39 is 5.37 Å². The minimum atomic E-state index is -0.547. The maximum Gasteiger partial charge on any atom is 0.338 e. The number of nitrogens with zero attached hydrogens (tertiary/aromatic N) is 4. The molecule has 86 valence electrons. The van der Waals surface area contributed by atoms with Gasteiger partial charge < -0.3 is 0 Å². The van der Waals surface area contributed by atoms with Gasteiger partial charge >= 0.3 is 5.37 Å². The number of halogens is 1. The maximum atomic E-state index is 11.0. The first-order valence-corrected chi connectivity index (χ1v) is 6.05. The number of carbonyl (C=O) groups is 1. The molecule has 1 aliphatic rings. The van der Waals surface area contributed by atoms with Crippen LogP contribution in [0, 0.1) is 0 Å². The molecule has 0 aromatic carbocycles. The first kappa shape index (κ1) is 12.6. The summed E-state index contributed by atoms with van der Waals surface area (Å²) in [4.78, 5) is 11.0. The van der Waals surface area contributed by atoms with Crippen LogP contribution in [0.5, 0.6) is 0 Å². The van der Waals surface area contributed by atoms with Crippen molar-refractivity contribution in [2.75, 3.05) is 26.5 Å². The van der Waals surface area contributed by atoms with E-state index >= 15 is 0 Å². The van der Waals surface area contributed by atoms with E-state index in [1.807, 2.05) is 24.1 Å². The molecule has 1 heterocycles. The first-order chi connectivity index (χ1) is 7.06. The second kappa shape index (κ2) is 5.58. The summed E-state index contributed by atoms with van der Waals surface area (Å²) in [5.41, 5.74) is 0. The van der Waals surface area contributed by atoms with Crippen molar-refractivity contribution >= 4 is 33.9 Å². The lowest BCUT2D eigenvalue weighted by atomic mass is 10.6. The summed E-state index contributed by atoms with van der Waals surface area (Å²) in [6.07, 6.45) is 1.07. The van der Waals surface area contributed by atoms with Crippen molar-refractivity contribution in [2.24, 2.45) is 5.10 Å². The van der Waals surface area contributed by atoms with Gasteiger partial charge in [-0.15, -0.1) is 5.10 Å². The molecule has 1 aliphatic heterocycles. The molecule has 0 atom stereocenters. The van der Waals surface area contributed by atoms with Crippen LogP contribution in [0.4, 0.5) is 4.79 Å². The SMILES string of the molecule is CCCSC1=NN(C(=O)Cl)CN1N(C)C. The second-order valence-electron chi connectivity index (χ2n) is 3.27. The van der Waals surface area contributed by atoms with Gasteiger partial charge in [0.05, 0.1) is 0 Å². The lowest BCUT2D eigenvalue weighted by molar-refractivity contribution is 0.0888. The third kappa shape index (κ3) is 3.25. The van der Waals surface area contributed by atoms with Crippen LogP contribution in [-0.4, -0.2) is 52.1 Å². The van der Waals surface area contributed by atoms with Crippen LogP contribution >= 0.6 is 23.4 Å². The van der Waals surface area contributed by atoms with Crippen LogP contribution in [0.1, 0.15) is 13.3 Å². The number of amides is 1. The van der Waals surface area contributed by atoms with Crippen LogP contribution in [-0.2, 0) is 0 Å². The van der Waals surface area contributed by atoms with Crippen molar-refractivity contribution in [3.05, 3.63) is 0 Å². The van der Waals surface area contributed by atoms with Crippen molar-refractivity contribution < 1.29 is 4.79 Å². The summed E-state index contributed by atoms with van der Waals surface area (Å²) in [6, 6.07) is 0. The Kier molecular flexibility index (Phi) is 4.69. The number of hydrazine groups is 1. The Labute approximate surface area is 99.0 Å². The topological polar surface area (TPSA) is 39.2 Å². The van der Waals surface area contributed by atoms with Crippen molar-refractivity contribution in [1.29, 1.82) is 0 Å². The maximum absolute atomic E-state index is 11.0. The number of rotatable bonds is 3. The Bertz CT molecular complexity index is 271. The zero-order valence-corrected chi connectivity index (χ0v) is 10.7. The van der Waals surface area contributed by atoms with Crippen molar-refractivity contribution in [1.82, 2.24) is 15.0 Å². The molecule has 15 heavy (non-hydrogen) atoms. The minimum absolute atomic E-state index is 0.390. The monoisotopic (exact) mass is 250 g/mol. The van der Waals surface area contributed by atoms with E-state index in [-0.39, 0.29) is 0 Å². The highest BCUT2D eigenvalue weighted by Gasteiger charge is 2.27. The summed E-state index contributed by atoms with van der Waals surface area (Å²) < 4.78 is 0. The van der Waals surface area contributed by atoms with Gasteiger partial charge in [0.25, 0.3) is 0 Å². The van der Waals surface area contributed by atoms with E-state index in [1.165, 1.54) is 5.01 Å². The molecule has 0 fully saturated rings. The average molecular weight is 251 g/mol. The molecular weight excluding hydrogens is 236 g/mol. The molecule has 5 nitrogen and oxygen atoms in total. The number of amidine groups is 1. The zero-order chi connectivity index (χ0) is 11.4. The van der Waals surface area contributed by atoms with Crippen LogP contribution in [0.25, 0.3) is 0 Å². The molecular formula is C8H15ClN4OS. The molecule has 0 saturated heterocycles. The Balaban J connectivity index is 2.67. The van der Waals surface area contributed by atoms with Gasteiger partial charge in [0.15, 0.2) is 5.17 Å². The van der Waals surface area contributed by atoms with Crippen molar-refractivity contribution in [3.8, 4) is 0 Å². The molecule has 7 heteroatoms. The number of hydrazone groups is 1. The lowest BCUT2D eigenvalue weighted by Gasteiger charge is -2.25. The smallest absolute Gasteiger partial charge is 0.261 e. The third-order valence-electron chi connectivity index (χ3n) is 1.82. The van der Waals surface area contributed by atoms with Gasteiger partial charge in [-0.3, -0.25) is 9.80 Å². The summed E-state index contributed by atoms with van der Waals surface area (Å²) in [6.45, 7) is 2.49. The third-order valence-corrected chi connectivity index (χ3v) is 3.17. The average Bonchev–Trinajstić information content (AvgIpc) is 2.58. The molecule has 0 aliphatic carbocycles. The van der Waals surface area contributed by atoms with Crippen LogP contribution < -0.4 is 0 Å². The van der Waals surface area contributed by atoms with E-state index in [4.69, 9.17) is 11.6 Å². The Morgan fingerprint density at radius 3 is 2.80 bits per heavy atom. The Morgan fingerprint density at radius 2 is 2.33 bits per heavy atom. The molecule has 0 saturated carbocycles. The lowest BCUT2D eigenvalue weighted by Crippen LogP contribution is -2.40. The summed E-state index contributed by atoms with van der Waals surface area (Å²) in [7, 11) is 3.81. The predicted octanol–water partition coefficient (Wildman–Crippen LogP) is 1.81. The normalized spacial score (nSPS) is 16.2. The highest BCUT2D eigenvalue weighted by Crippen LogP contribution is 2.19. The van der Waals surface area contributed by atoms with Crippen molar-refractivity contribution in [3.63, 3.8) is 0 Å². The highest BCUT2D eigenvalue weighted by atomic mass is 35.5. The standard InChI is InChI=1S/C8H15ClN4OS/c1-4-5-15-8-10-12(7(9)14)6-13(8)11(2)3/h4-6H2,1-3H3. The van der Waals surface area contributed by atoms with Gasteiger partial charge in [0, 0.05) is 19.8 Å². The van der Waals surface area contributed by atoms with E-state index in [0.29, 0.717) is 6.67 Å².